The third kappa shape index (κ3) is 1.30. The second kappa shape index (κ2) is 2.65. The van der Waals surface area contributed by atoms with Crippen molar-refractivity contribution < 1.29 is 4.39 Å². The van der Waals surface area contributed by atoms with Crippen molar-refractivity contribution in [1.29, 1.82) is 0 Å². The van der Waals surface area contributed by atoms with E-state index in [-0.39, 0.29) is 5.82 Å². The summed E-state index contributed by atoms with van der Waals surface area (Å²) < 4.78 is 13.2. The lowest BCUT2D eigenvalue weighted by molar-refractivity contribution is 0.639. The van der Waals surface area contributed by atoms with Gasteiger partial charge < -0.3 is 5.73 Å². The fourth-order valence-corrected chi connectivity index (χ4v) is 1.21. The Labute approximate surface area is 74.4 Å². The van der Waals surface area contributed by atoms with Crippen molar-refractivity contribution in [2.75, 3.05) is 5.73 Å². The number of nitrogens with two attached hydrogens (primary N) is 1. The molecule has 0 bridgehead atoms. The molecular formula is C9H8FN3. The quantitative estimate of drug-likeness (QED) is 0.622. The van der Waals surface area contributed by atoms with Gasteiger partial charge in [-0.3, -0.25) is 0 Å². The minimum atomic E-state index is -0.380. The van der Waals surface area contributed by atoms with Crippen molar-refractivity contribution >= 4 is 16.6 Å². The number of nitrogen functional groups attached to an aromatic ring is 1. The Kier molecular flexibility index (Phi) is 1.62. The summed E-state index contributed by atoms with van der Waals surface area (Å²) in [4.78, 5) is 7.97. The zero-order valence-corrected chi connectivity index (χ0v) is 7.08. The van der Waals surface area contributed by atoms with Crippen LogP contribution in [0.4, 0.5) is 10.1 Å². The van der Waals surface area contributed by atoms with E-state index in [1.54, 1.807) is 13.0 Å². The fourth-order valence-electron chi connectivity index (χ4n) is 1.21. The number of nitrogens with zero attached hydrogens (tertiary/aromatic N) is 2. The zero-order valence-electron chi connectivity index (χ0n) is 7.08. The fraction of sp³-hybridized carbons (Fsp3) is 0.111. The monoisotopic (exact) mass is 177 g/mol. The zero-order chi connectivity index (χ0) is 9.42. The Balaban J connectivity index is 2.86. The van der Waals surface area contributed by atoms with E-state index in [0.29, 0.717) is 22.4 Å². The first-order chi connectivity index (χ1) is 6.16. The van der Waals surface area contributed by atoms with Crippen LogP contribution in [0.1, 0.15) is 5.82 Å². The molecule has 2 rings (SSSR count). The molecule has 0 saturated heterocycles. The second-order valence-electron chi connectivity index (χ2n) is 2.85. The van der Waals surface area contributed by atoms with Gasteiger partial charge in [-0.05, 0) is 19.1 Å². The number of hydrogen-bond donors (Lipinski definition) is 1. The number of aromatic nitrogens is 2. The number of halogens is 1. The van der Waals surface area contributed by atoms with E-state index in [1.807, 2.05) is 0 Å². The van der Waals surface area contributed by atoms with E-state index in [2.05, 4.69) is 9.97 Å². The summed E-state index contributed by atoms with van der Waals surface area (Å²) in [6.45, 7) is 1.75. The van der Waals surface area contributed by atoms with E-state index in [1.165, 1.54) is 12.3 Å². The summed E-state index contributed by atoms with van der Waals surface area (Å²) in [6, 6.07) is 2.90. The summed E-state index contributed by atoms with van der Waals surface area (Å²) in [6.07, 6.45) is 1.46. The molecular weight excluding hydrogens is 169 g/mol. The van der Waals surface area contributed by atoms with Gasteiger partial charge >= 0.3 is 0 Å². The molecule has 4 heteroatoms. The van der Waals surface area contributed by atoms with Crippen LogP contribution in [0, 0.1) is 12.7 Å². The van der Waals surface area contributed by atoms with Crippen LogP contribution in [0.5, 0.6) is 0 Å². The Morgan fingerprint density at radius 2 is 2.15 bits per heavy atom. The van der Waals surface area contributed by atoms with Crippen LogP contribution in [0.2, 0.25) is 0 Å². The van der Waals surface area contributed by atoms with Gasteiger partial charge in [0.15, 0.2) is 0 Å². The van der Waals surface area contributed by atoms with Gasteiger partial charge in [0.1, 0.15) is 11.6 Å². The second-order valence-corrected chi connectivity index (χ2v) is 2.85. The number of benzene rings is 1. The highest BCUT2D eigenvalue weighted by atomic mass is 19.1. The summed E-state index contributed by atoms with van der Waals surface area (Å²) in [5.74, 6) is 0.229. The molecule has 2 N–H and O–H groups in total. The maximum Gasteiger partial charge on any atom is 0.136 e. The van der Waals surface area contributed by atoms with Crippen LogP contribution in [-0.2, 0) is 0 Å². The smallest absolute Gasteiger partial charge is 0.136 e. The minimum absolute atomic E-state index is 0.378. The third-order valence-electron chi connectivity index (χ3n) is 1.79. The topological polar surface area (TPSA) is 51.8 Å². The van der Waals surface area contributed by atoms with E-state index >= 15 is 0 Å². The molecule has 1 aromatic carbocycles. The summed E-state index contributed by atoms with van der Waals surface area (Å²) in [7, 11) is 0. The highest BCUT2D eigenvalue weighted by molar-refractivity contribution is 5.81. The van der Waals surface area contributed by atoms with Crippen molar-refractivity contribution in [2.24, 2.45) is 0 Å². The first kappa shape index (κ1) is 7.91. The standard InChI is InChI=1S/C9H8FN3/c1-5-12-4-7-8(10)2-6(11)3-9(7)13-5/h2-4H,11H2,1H3. The molecule has 0 saturated carbocycles. The van der Waals surface area contributed by atoms with E-state index < -0.39 is 0 Å². The minimum Gasteiger partial charge on any atom is -0.399 e. The lowest BCUT2D eigenvalue weighted by Gasteiger charge is -2.00. The molecule has 66 valence electrons. The van der Waals surface area contributed by atoms with Gasteiger partial charge in [0.05, 0.1) is 10.9 Å². The normalized spacial score (nSPS) is 10.6. The van der Waals surface area contributed by atoms with Gasteiger partial charge in [0, 0.05) is 11.9 Å². The Hall–Kier alpha value is -1.71. The van der Waals surface area contributed by atoms with Crippen LogP contribution in [-0.4, -0.2) is 9.97 Å². The Bertz CT molecular complexity index is 462. The maximum atomic E-state index is 13.2. The van der Waals surface area contributed by atoms with Gasteiger partial charge in [-0.15, -0.1) is 0 Å². The number of hydrogen-bond acceptors (Lipinski definition) is 3. The Morgan fingerprint density at radius 1 is 1.38 bits per heavy atom. The van der Waals surface area contributed by atoms with Crippen LogP contribution in [0.3, 0.4) is 0 Å². The van der Waals surface area contributed by atoms with Crippen molar-refractivity contribution in [3.8, 4) is 0 Å². The number of anilines is 1. The van der Waals surface area contributed by atoms with Gasteiger partial charge in [-0.2, -0.15) is 0 Å². The SMILES string of the molecule is Cc1ncc2c(F)cc(N)cc2n1. The highest BCUT2D eigenvalue weighted by Crippen LogP contribution is 2.18. The lowest BCUT2D eigenvalue weighted by Crippen LogP contribution is -1.93. The van der Waals surface area contributed by atoms with Gasteiger partial charge in [0.25, 0.3) is 0 Å². The van der Waals surface area contributed by atoms with Crippen molar-refractivity contribution in [3.05, 3.63) is 30.0 Å². The molecule has 0 spiro atoms. The van der Waals surface area contributed by atoms with E-state index in [4.69, 9.17) is 5.73 Å². The Morgan fingerprint density at radius 3 is 2.92 bits per heavy atom. The maximum absolute atomic E-state index is 13.2. The third-order valence-corrected chi connectivity index (χ3v) is 1.79. The molecule has 0 atom stereocenters. The summed E-state index contributed by atoms with van der Waals surface area (Å²) in [5, 5.41) is 0.403. The van der Waals surface area contributed by atoms with E-state index in [0.717, 1.165) is 0 Å². The van der Waals surface area contributed by atoms with Gasteiger partial charge in [-0.25, -0.2) is 14.4 Å². The number of fused-ring (bicyclic) bond motifs is 1. The molecule has 1 heterocycles. The number of rotatable bonds is 0. The molecule has 2 aromatic rings. The van der Waals surface area contributed by atoms with Crippen molar-refractivity contribution in [1.82, 2.24) is 9.97 Å². The van der Waals surface area contributed by atoms with Gasteiger partial charge in [0.2, 0.25) is 0 Å². The summed E-state index contributed by atoms with van der Waals surface area (Å²) in [5.41, 5.74) is 6.40. The molecule has 13 heavy (non-hydrogen) atoms. The first-order valence-corrected chi connectivity index (χ1v) is 3.85. The van der Waals surface area contributed by atoms with Crippen molar-refractivity contribution in [2.45, 2.75) is 6.92 Å². The van der Waals surface area contributed by atoms with Crippen LogP contribution < -0.4 is 5.73 Å². The predicted molar refractivity (Wildman–Crippen MR) is 48.6 cm³/mol. The summed E-state index contributed by atoms with van der Waals surface area (Å²) >= 11 is 0. The van der Waals surface area contributed by atoms with Crippen LogP contribution in [0.25, 0.3) is 10.9 Å². The van der Waals surface area contributed by atoms with Gasteiger partial charge in [-0.1, -0.05) is 0 Å². The largest absolute Gasteiger partial charge is 0.399 e. The molecule has 0 aliphatic heterocycles. The molecule has 0 aliphatic rings. The molecule has 0 fully saturated rings. The van der Waals surface area contributed by atoms with Crippen molar-refractivity contribution in [3.63, 3.8) is 0 Å². The molecule has 1 aromatic heterocycles. The first-order valence-electron chi connectivity index (χ1n) is 3.85. The average molecular weight is 177 g/mol. The molecule has 0 aliphatic carbocycles. The average Bonchev–Trinajstić information content (AvgIpc) is 2.02. The predicted octanol–water partition coefficient (Wildman–Crippen LogP) is 1.66. The molecule has 0 unspecified atom stereocenters. The molecule has 3 nitrogen and oxygen atoms in total. The van der Waals surface area contributed by atoms with Crippen LogP contribution in [0.15, 0.2) is 18.3 Å². The molecule has 0 radical (unpaired) electrons. The van der Waals surface area contributed by atoms with Crippen LogP contribution >= 0.6 is 0 Å². The lowest BCUT2D eigenvalue weighted by atomic mass is 10.2. The number of aryl methyl sites for hydroxylation is 1. The van der Waals surface area contributed by atoms with E-state index in [9.17, 15) is 4.39 Å². The highest BCUT2D eigenvalue weighted by Gasteiger charge is 2.03. The molecule has 0 amide bonds.